The van der Waals surface area contributed by atoms with Crippen LogP contribution >= 0.6 is 23.1 Å². The predicted octanol–water partition coefficient (Wildman–Crippen LogP) is 4.51. The molecule has 1 aromatic heterocycles. The van der Waals surface area contributed by atoms with Gasteiger partial charge >= 0.3 is 0 Å². The van der Waals surface area contributed by atoms with Crippen molar-refractivity contribution < 1.29 is 4.79 Å². The number of hydrogen-bond acceptors (Lipinski definition) is 4. The molecule has 0 unspecified atom stereocenters. The Hall–Kier alpha value is -1.65. The summed E-state index contributed by atoms with van der Waals surface area (Å²) < 4.78 is 1.15. The van der Waals surface area contributed by atoms with Crippen LogP contribution in [0.1, 0.15) is 10.6 Å². The van der Waals surface area contributed by atoms with E-state index >= 15 is 0 Å². The number of fused-ring (bicyclic) bond motifs is 1. The molecule has 0 N–H and O–H groups in total. The van der Waals surface area contributed by atoms with E-state index in [9.17, 15) is 4.79 Å². The van der Waals surface area contributed by atoms with E-state index in [1.807, 2.05) is 36.4 Å². The Bertz CT molecular complexity index is 746. The first-order chi connectivity index (χ1) is 10.2. The highest BCUT2D eigenvalue weighted by atomic mass is 32.2. The molecule has 2 nitrogen and oxygen atoms in total. The quantitative estimate of drug-likeness (QED) is 0.649. The summed E-state index contributed by atoms with van der Waals surface area (Å²) in [5, 5.41) is 0.909. The maximum atomic E-state index is 12.1. The number of nitrogens with zero attached hydrogens (tertiary/aromatic N) is 1. The van der Waals surface area contributed by atoms with E-state index in [0.717, 1.165) is 15.2 Å². The minimum atomic E-state index is 0.224. The van der Waals surface area contributed by atoms with E-state index in [-0.39, 0.29) is 5.78 Å². The zero-order valence-electron chi connectivity index (χ0n) is 11.7. The van der Waals surface area contributed by atoms with Crippen molar-refractivity contribution in [1.29, 1.82) is 0 Å². The van der Waals surface area contributed by atoms with E-state index in [2.05, 4.69) is 24.0 Å². The minimum Gasteiger partial charge on any atom is -0.298 e. The van der Waals surface area contributed by atoms with Crippen LogP contribution in [0.3, 0.4) is 0 Å². The van der Waals surface area contributed by atoms with E-state index in [4.69, 9.17) is 0 Å². The van der Waals surface area contributed by atoms with Crippen molar-refractivity contribution >= 4 is 39.1 Å². The average Bonchev–Trinajstić information content (AvgIpc) is 2.88. The lowest BCUT2D eigenvalue weighted by Crippen LogP contribution is -2.05. The number of carbonyl (C=O) groups excluding carboxylic acids is 1. The van der Waals surface area contributed by atoms with Crippen LogP contribution in [0.4, 0.5) is 0 Å². The van der Waals surface area contributed by atoms with Crippen molar-refractivity contribution in [2.45, 2.75) is 18.2 Å². The number of hydrogen-bond donors (Lipinski definition) is 0. The number of ketones is 1. The molecule has 21 heavy (non-hydrogen) atoms. The van der Waals surface area contributed by atoms with Gasteiger partial charge in [0, 0.05) is 4.90 Å². The average molecular weight is 313 g/mol. The third kappa shape index (κ3) is 3.52. The van der Waals surface area contributed by atoms with Gasteiger partial charge in [0.1, 0.15) is 10.8 Å². The third-order valence-corrected chi connectivity index (χ3v) is 5.44. The molecule has 0 spiro atoms. The van der Waals surface area contributed by atoms with Crippen LogP contribution in [0.15, 0.2) is 53.4 Å². The van der Waals surface area contributed by atoms with Crippen LogP contribution in [0.5, 0.6) is 0 Å². The van der Waals surface area contributed by atoms with Crippen LogP contribution < -0.4 is 0 Å². The Morgan fingerprint density at radius 2 is 1.90 bits per heavy atom. The normalized spacial score (nSPS) is 10.9. The molecule has 0 amide bonds. The molecule has 3 aromatic rings. The fraction of sp³-hybridized carbons (Fsp3) is 0.176. The zero-order chi connectivity index (χ0) is 14.7. The van der Waals surface area contributed by atoms with Gasteiger partial charge in [0.15, 0.2) is 0 Å². The van der Waals surface area contributed by atoms with Crippen LogP contribution in [-0.4, -0.2) is 16.5 Å². The summed E-state index contributed by atoms with van der Waals surface area (Å²) in [6.07, 6.45) is 0.429. The highest BCUT2D eigenvalue weighted by Gasteiger charge is 2.10. The van der Waals surface area contributed by atoms with Gasteiger partial charge in [-0.05, 0) is 30.7 Å². The van der Waals surface area contributed by atoms with Crippen molar-refractivity contribution in [3.63, 3.8) is 0 Å². The summed E-state index contributed by atoms with van der Waals surface area (Å²) in [7, 11) is 0. The lowest BCUT2D eigenvalue weighted by molar-refractivity contribution is -0.115. The van der Waals surface area contributed by atoms with Crippen molar-refractivity contribution in [1.82, 2.24) is 4.98 Å². The van der Waals surface area contributed by atoms with Gasteiger partial charge in [-0.25, -0.2) is 4.98 Å². The largest absolute Gasteiger partial charge is 0.298 e. The third-order valence-electron chi connectivity index (χ3n) is 3.17. The zero-order valence-corrected chi connectivity index (χ0v) is 13.3. The highest BCUT2D eigenvalue weighted by molar-refractivity contribution is 8.00. The highest BCUT2D eigenvalue weighted by Crippen LogP contribution is 2.24. The molecule has 0 atom stereocenters. The molecule has 0 saturated heterocycles. The summed E-state index contributed by atoms with van der Waals surface area (Å²) >= 11 is 3.22. The molecule has 106 valence electrons. The molecule has 0 radical (unpaired) electrons. The summed E-state index contributed by atoms with van der Waals surface area (Å²) in [4.78, 5) is 17.8. The summed E-state index contributed by atoms with van der Waals surface area (Å²) in [5.74, 6) is 0.725. The molecule has 0 aliphatic rings. The van der Waals surface area contributed by atoms with Crippen LogP contribution in [0, 0.1) is 6.92 Å². The van der Waals surface area contributed by atoms with E-state index in [1.165, 1.54) is 10.5 Å². The SMILES string of the molecule is Cc1ccccc1SCC(=O)Cc1nc2ccccc2s1. The molecule has 1 heterocycles. The van der Waals surface area contributed by atoms with Gasteiger partial charge in [0.25, 0.3) is 0 Å². The maximum absolute atomic E-state index is 12.1. The smallest absolute Gasteiger partial charge is 0.149 e. The molecule has 0 aliphatic carbocycles. The maximum Gasteiger partial charge on any atom is 0.149 e. The number of Topliss-reactive ketones (excluding diaryl/α,β-unsaturated/α-hetero) is 1. The lowest BCUT2D eigenvalue weighted by Gasteiger charge is -2.03. The lowest BCUT2D eigenvalue weighted by atomic mass is 10.2. The number of aromatic nitrogens is 1. The second-order valence-corrected chi connectivity index (χ2v) is 6.98. The molecule has 0 saturated carbocycles. The van der Waals surface area contributed by atoms with Gasteiger partial charge in [0.2, 0.25) is 0 Å². The number of thiazole rings is 1. The monoisotopic (exact) mass is 313 g/mol. The van der Waals surface area contributed by atoms with Gasteiger partial charge in [-0.1, -0.05) is 30.3 Å². The topological polar surface area (TPSA) is 30.0 Å². The number of benzene rings is 2. The Morgan fingerprint density at radius 1 is 1.14 bits per heavy atom. The molecular formula is C17H15NOS2. The molecule has 4 heteroatoms. The molecule has 3 rings (SSSR count). The van der Waals surface area contributed by atoms with Crippen molar-refractivity contribution in [3.05, 3.63) is 59.1 Å². The predicted molar refractivity (Wildman–Crippen MR) is 90.2 cm³/mol. The van der Waals surface area contributed by atoms with Crippen LogP contribution in [0.2, 0.25) is 0 Å². The molecule has 2 aromatic carbocycles. The fourth-order valence-electron chi connectivity index (χ4n) is 2.09. The minimum absolute atomic E-state index is 0.224. The Labute approximate surface area is 132 Å². The van der Waals surface area contributed by atoms with Crippen molar-refractivity contribution in [2.24, 2.45) is 0 Å². The van der Waals surface area contributed by atoms with Crippen LogP contribution in [-0.2, 0) is 11.2 Å². The molecule has 0 fully saturated rings. The first-order valence-corrected chi connectivity index (χ1v) is 8.57. The first-order valence-electron chi connectivity index (χ1n) is 6.77. The first kappa shape index (κ1) is 14.3. The van der Waals surface area contributed by atoms with Crippen molar-refractivity contribution in [3.8, 4) is 0 Å². The second kappa shape index (κ2) is 6.41. The van der Waals surface area contributed by atoms with Crippen LogP contribution in [0.25, 0.3) is 10.2 Å². The second-order valence-electron chi connectivity index (χ2n) is 4.84. The fourth-order valence-corrected chi connectivity index (χ4v) is 3.98. The van der Waals surface area contributed by atoms with Gasteiger partial charge < -0.3 is 0 Å². The number of thioether (sulfide) groups is 1. The Morgan fingerprint density at radius 3 is 2.71 bits per heavy atom. The summed E-state index contributed by atoms with van der Waals surface area (Å²) in [6.45, 7) is 2.07. The van der Waals surface area contributed by atoms with E-state index in [1.54, 1.807) is 23.1 Å². The molecular weight excluding hydrogens is 298 g/mol. The number of aryl methyl sites for hydroxylation is 1. The number of para-hydroxylation sites is 1. The molecule has 0 aliphatic heterocycles. The number of rotatable bonds is 5. The van der Waals surface area contributed by atoms with Crippen molar-refractivity contribution in [2.75, 3.05) is 5.75 Å². The van der Waals surface area contributed by atoms with Gasteiger partial charge in [-0.15, -0.1) is 23.1 Å². The van der Waals surface area contributed by atoms with E-state index < -0.39 is 0 Å². The summed E-state index contributed by atoms with van der Waals surface area (Å²) in [6, 6.07) is 16.2. The van der Waals surface area contributed by atoms with E-state index in [0.29, 0.717) is 12.2 Å². The van der Waals surface area contributed by atoms with Gasteiger partial charge in [-0.2, -0.15) is 0 Å². The number of carbonyl (C=O) groups is 1. The molecule has 0 bridgehead atoms. The Balaban J connectivity index is 1.62. The van der Waals surface area contributed by atoms with Gasteiger partial charge in [0.05, 0.1) is 22.4 Å². The van der Waals surface area contributed by atoms with Gasteiger partial charge in [-0.3, -0.25) is 4.79 Å². The Kier molecular flexibility index (Phi) is 4.36. The standard InChI is InChI=1S/C17H15NOS2/c1-12-6-2-4-8-15(12)20-11-13(19)10-17-18-14-7-3-5-9-16(14)21-17/h2-9H,10-11H2,1H3. The summed E-state index contributed by atoms with van der Waals surface area (Å²) in [5.41, 5.74) is 2.20.